The summed E-state index contributed by atoms with van der Waals surface area (Å²) in [6, 6.07) is 17.6. The Morgan fingerprint density at radius 2 is 1.15 bits per heavy atom. The molecule has 2 aromatic carbocycles. The van der Waals surface area contributed by atoms with Gasteiger partial charge in [-0.25, -0.2) is 29.1 Å². The second-order valence-corrected chi connectivity index (χ2v) is 21.9. The van der Waals surface area contributed by atoms with Gasteiger partial charge in [-0.05, 0) is 70.9 Å². The Hall–Kier alpha value is -5.07. The number of hydrogen-bond acceptors (Lipinski definition) is 14. The number of halogens is 1. The number of urea groups is 2. The standard InChI is InChI=1S/C38H50N6O4S2.C14H24N4O3S.HI/c1-27(2)36-40-32(25-49-36)22-44(5)37(46)42-34(23-43(3)4)35(45)20-30(18-28-12-8-6-9-13-28)16-17-31(19-29-14-10-7-11-15-29)41-38(47)48-24-33-21-39-26-50-33;1-9(2)12-15-10(8-22-12)6-18(5)14(21)16-11(13(19)20)7-17(3)4;/h6-15,21,25-27,30-31,34H,16-20,22-24H2,1-5H3,(H,41,47)(H,42,46);8-9,11H,6-7H2,1-5H3,(H,16,21)(H,19,20);1H/t30-,31-,34?;;/m1../s1. The maximum Gasteiger partial charge on any atom is 0.407 e. The molecule has 17 nitrogen and oxygen atoms in total. The number of nitrogens with one attached hydrogen (secondary N) is 3. The molecule has 5 rings (SSSR count). The quantitative estimate of drug-likeness (QED) is 0.0384. The molecule has 5 amide bonds. The van der Waals surface area contributed by atoms with E-state index in [9.17, 15) is 24.0 Å². The Balaban J connectivity index is 0.000000513. The third-order valence-corrected chi connectivity index (χ3v) is 14.4. The highest BCUT2D eigenvalue weighted by molar-refractivity contribution is 14.0. The minimum atomic E-state index is -1.05. The summed E-state index contributed by atoms with van der Waals surface area (Å²) in [5.74, 6) is -0.401. The van der Waals surface area contributed by atoms with Gasteiger partial charge in [0, 0.05) is 68.4 Å². The van der Waals surface area contributed by atoms with Crippen molar-refractivity contribution in [1.29, 1.82) is 0 Å². The van der Waals surface area contributed by atoms with E-state index in [0.717, 1.165) is 37.4 Å². The van der Waals surface area contributed by atoms with Crippen molar-refractivity contribution in [3.8, 4) is 0 Å². The zero-order chi connectivity index (χ0) is 52.7. The lowest BCUT2D eigenvalue weighted by Crippen LogP contribution is -2.51. The first-order valence-corrected chi connectivity index (χ1v) is 26.7. The molecule has 0 saturated carbocycles. The lowest BCUT2D eigenvalue weighted by atomic mass is 9.86. The highest BCUT2D eigenvalue weighted by atomic mass is 127. The number of carboxylic acid groups (broad SMARTS) is 1. The van der Waals surface area contributed by atoms with Crippen molar-refractivity contribution in [2.75, 3.05) is 55.4 Å². The second-order valence-electron chi connectivity index (χ2n) is 19.1. The van der Waals surface area contributed by atoms with Gasteiger partial charge < -0.3 is 45.4 Å². The molecule has 0 aliphatic heterocycles. The van der Waals surface area contributed by atoms with E-state index in [1.54, 1.807) is 72.4 Å². The van der Waals surface area contributed by atoms with Crippen LogP contribution in [0.25, 0.3) is 0 Å². The van der Waals surface area contributed by atoms with Gasteiger partial charge in [-0.2, -0.15) is 0 Å². The summed E-state index contributed by atoms with van der Waals surface area (Å²) in [5, 5.41) is 23.7. The zero-order valence-corrected chi connectivity index (χ0v) is 48.6. The van der Waals surface area contributed by atoms with Crippen LogP contribution < -0.4 is 16.0 Å². The summed E-state index contributed by atoms with van der Waals surface area (Å²) in [6.07, 6.45) is 4.17. The van der Waals surface area contributed by atoms with Gasteiger partial charge in [0.1, 0.15) is 18.7 Å². The molecule has 0 aliphatic rings. The van der Waals surface area contributed by atoms with Crippen molar-refractivity contribution in [2.24, 2.45) is 5.92 Å². The van der Waals surface area contributed by atoms with Crippen LogP contribution >= 0.6 is 58.0 Å². The number of thiazole rings is 3. The maximum absolute atomic E-state index is 14.0. The predicted octanol–water partition coefficient (Wildman–Crippen LogP) is 8.97. The number of carbonyl (C=O) groups excluding carboxylic acids is 4. The topological polar surface area (TPSA) is 203 Å². The molecule has 5 aromatic rings. The van der Waals surface area contributed by atoms with Crippen LogP contribution in [0.5, 0.6) is 0 Å². The highest BCUT2D eigenvalue weighted by Gasteiger charge is 2.28. The Bertz CT molecular complexity index is 2410. The van der Waals surface area contributed by atoms with E-state index in [1.165, 1.54) is 16.2 Å². The number of carbonyl (C=O) groups is 5. The van der Waals surface area contributed by atoms with Gasteiger partial charge in [0.15, 0.2) is 5.78 Å². The van der Waals surface area contributed by atoms with Crippen LogP contribution in [0, 0.1) is 5.92 Å². The summed E-state index contributed by atoms with van der Waals surface area (Å²) in [7, 11) is 10.7. The minimum Gasteiger partial charge on any atom is -0.480 e. The van der Waals surface area contributed by atoms with Crippen molar-refractivity contribution in [2.45, 2.75) is 109 Å². The van der Waals surface area contributed by atoms with E-state index in [4.69, 9.17) is 9.84 Å². The Morgan fingerprint density at radius 3 is 1.60 bits per heavy atom. The number of nitrogens with zero attached hydrogens (tertiary/aromatic N) is 7. The van der Waals surface area contributed by atoms with Crippen molar-refractivity contribution in [1.82, 2.24) is 50.5 Å². The summed E-state index contributed by atoms with van der Waals surface area (Å²) < 4.78 is 5.51. The molecule has 3 heterocycles. The molecule has 3 aromatic heterocycles. The molecular formula is C52H75IN10O7S3. The largest absolute Gasteiger partial charge is 0.480 e. The number of Topliss-reactive ketones (excluding diaryl/α,β-unsaturated/α-hetero) is 1. The first-order chi connectivity index (χ1) is 34.3. The third kappa shape index (κ3) is 23.3. The lowest BCUT2D eigenvalue weighted by Gasteiger charge is -2.27. The number of carboxylic acids is 1. The van der Waals surface area contributed by atoms with Gasteiger partial charge in [-0.3, -0.25) is 9.78 Å². The molecule has 0 aliphatic carbocycles. The summed E-state index contributed by atoms with van der Waals surface area (Å²) in [5.41, 5.74) is 5.60. The number of rotatable bonds is 26. The van der Waals surface area contributed by atoms with E-state index in [2.05, 4.69) is 70.7 Å². The number of alkyl carbamates (subject to hydrolysis) is 1. The molecular weight excluding hydrogens is 1100 g/mol. The SMILES string of the molecule is CC(C)c1nc(CN(C)C(=O)NC(CN(C)C)C(=O)C[C@H](CC[C@H](Cc2ccccc2)NC(=O)OCc2cncs2)Cc2ccccc2)cs1.CC(C)c1nc(CN(C)C(=O)NC(CN(C)C)C(=O)O)cs1.I. The fourth-order valence-electron chi connectivity index (χ4n) is 7.48. The molecule has 0 radical (unpaired) electrons. The average molecular weight is 1180 g/mol. The van der Waals surface area contributed by atoms with Crippen LogP contribution in [0.15, 0.2) is 83.1 Å². The fraction of sp³-hybridized carbons (Fsp3) is 0.500. The van der Waals surface area contributed by atoms with Gasteiger partial charge >= 0.3 is 24.1 Å². The monoisotopic (exact) mass is 1170 g/mol. The van der Waals surface area contributed by atoms with Gasteiger partial charge in [0.2, 0.25) is 0 Å². The minimum absolute atomic E-state index is 0. The number of amides is 5. The molecule has 0 fully saturated rings. The third-order valence-electron chi connectivity index (χ3n) is 11.3. The number of aromatic nitrogens is 3. The zero-order valence-electron chi connectivity index (χ0n) is 43.8. The van der Waals surface area contributed by atoms with Crippen molar-refractivity contribution in [3.05, 3.63) is 121 Å². The molecule has 4 N–H and O–H groups in total. The van der Waals surface area contributed by atoms with Crippen LogP contribution in [0.4, 0.5) is 14.4 Å². The molecule has 400 valence electrons. The lowest BCUT2D eigenvalue weighted by molar-refractivity contribution is -0.139. The molecule has 0 spiro atoms. The number of ether oxygens (including phenoxy) is 1. The number of aliphatic carboxylic acids is 1. The van der Waals surface area contributed by atoms with Crippen LogP contribution in [0.1, 0.15) is 96.2 Å². The number of likely N-dealkylation sites (N-methyl/N-ethyl adjacent to an activating group) is 2. The second kappa shape index (κ2) is 32.3. The van der Waals surface area contributed by atoms with E-state index >= 15 is 0 Å². The molecule has 21 heteroatoms. The van der Waals surface area contributed by atoms with Gasteiger partial charge in [0.25, 0.3) is 0 Å². The van der Waals surface area contributed by atoms with E-state index in [1.807, 2.05) is 78.3 Å². The Labute approximate surface area is 460 Å². The van der Waals surface area contributed by atoms with Crippen molar-refractivity contribution < 1.29 is 33.8 Å². The Kier molecular flexibility index (Phi) is 27.5. The highest BCUT2D eigenvalue weighted by Crippen LogP contribution is 2.24. The van der Waals surface area contributed by atoms with Gasteiger partial charge in [0.05, 0.1) is 44.9 Å². The van der Waals surface area contributed by atoms with E-state index in [-0.39, 0.29) is 67.3 Å². The van der Waals surface area contributed by atoms with Crippen LogP contribution in [-0.4, -0.2) is 143 Å². The Morgan fingerprint density at radius 1 is 0.658 bits per heavy atom. The van der Waals surface area contributed by atoms with Gasteiger partial charge in [-0.15, -0.1) is 58.0 Å². The molecule has 0 bridgehead atoms. The first-order valence-electron chi connectivity index (χ1n) is 24.1. The number of ketones is 1. The van der Waals surface area contributed by atoms with E-state index < -0.39 is 30.2 Å². The van der Waals surface area contributed by atoms with Crippen LogP contribution in [0.3, 0.4) is 0 Å². The van der Waals surface area contributed by atoms with Crippen molar-refractivity contribution >= 4 is 87.9 Å². The van der Waals surface area contributed by atoms with Gasteiger partial charge in [-0.1, -0.05) is 88.4 Å². The van der Waals surface area contributed by atoms with Crippen LogP contribution in [-0.2, 0) is 46.9 Å². The fourth-order valence-corrected chi connectivity index (χ4v) is 9.64. The van der Waals surface area contributed by atoms with E-state index in [0.29, 0.717) is 57.2 Å². The predicted molar refractivity (Wildman–Crippen MR) is 302 cm³/mol. The molecule has 0 saturated heterocycles. The first kappa shape index (κ1) is 62.2. The summed E-state index contributed by atoms with van der Waals surface area (Å²) in [4.78, 5) is 84.2. The molecule has 2 unspecified atom stereocenters. The summed E-state index contributed by atoms with van der Waals surface area (Å²) >= 11 is 4.60. The summed E-state index contributed by atoms with van der Waals surface area (Å²) in [6.45, 7) is 9.83. The average Bonchev–Trinajstić information content (AvgIpc) is 4.14. The number of benzene rings is 2. The van der Waals surface area contributed by atoms with Crippen LogP contribution in [0.2, 0.25) is 0 Å². The molecule has 73 heavy (non-hydrogen) atoms. The maximum atomic E-state index is 14.0. The normalized spacial score (nSPS) is 12.7. The number of hydrogen-bond donors (Lipinski definition) is 4. The molecule has 4 atom stereocenters. The smallest absolute Gasteiger partial charge is 0.407 e. The van der Waals surface area contributed by atoms with Crippen molar-refractivity contribution in [3.63, 3.8) is 0 Å².